The molecule has 1 fully saturated rings. The summed E-state index contributed by atoms with van der Waals surface area (Å²) in [5.74, 6) is 0.580. The summed E-state index contributed by atoms with van der Waals surface area (Å²) in [4.78, 5) is 14.2. The van der Waals surface area contributed by atoms with Gasteiger partial charge in [0, 0.05) is 19.1 Å². The molecule has 1 aliphatic heterocycles. The monoisotopic (exact) mass is 268 g/mol. The Morgan fingerprint density at radius 1 is 1.63 bits per heavy atom. The Morgan fingerprint density at radius 2 is 2.42 bits per heavy atom. The van der Waals surface area contributed by atoms with Crippen LogP contribution < -0.4 is 22.2 Å². The lowest BCUT2D eigenvalue weighted by atomic mass is 9.96. The molecule has 2 rings (SSSR count). The summed E-state index contributed by atoms with van der Waals surface area (Å²) in [5, 5.41) is 12.7. The maximum Gasteiger partial charge on any atom is 0.251 e. The standard InChI is InChI=1S/C11H20N6O2/c12-10-4-8(7-1-2-14-5-7)3-9(10)6-15-11(13)16-17(18)19/h5,8-10,14H,1-4,6,12H2,(H3,13,15,16). The van der Waals surface area contributed by atoms with Crippen LogP contribution >= 0.6 is 0 Å². The number of aliphatic imine (C=N–C) groups is 1. The van der Waals surface area contributed by atoms with E-state index in [0.29, 0.717) is 12.5 Å². The number of nitrogens with two attached hydrogens (primary N) is 2. The maximum atomic E-state index is 10.2. The molecule has 2 aliphatic rings. The third-order valence-corrected chi connectivity index (χ3v) is 3.82. The molecule has 106 valence electrons. The fraction of sp³-hybridized carbons (Fsp3) is 0.727. The van der Waals surface area contributed by atoms with Gasteiger partial charge in [-0.05, 0) is 42.9 Å². The summed E-state index contributed by atoms with van der Waals surface area (Å²) in [6.07, 6.45) is 5.10. The zero-order valence-corrected chi connectivity index (χ0v) is 10.7. The minimum atomic E-state index is -0.717. The molecule has 0 spiro atoms. The molecule has 0 aromatic heterocycles. The van der Waals surface area contributed by atoms with E-state index in [2.05, 4.69) is 16.5 Å². The molecular weight excluding hydrogens is 248 g/mol. The first-order chi connectivity index (χ1) is 9.06. The minimum Gasteiger partial charge on any atom is -0.391 e. The molecule has 0 amide bonds. The molecule has 19 heavy (non-hydrogen) atoms. The number of hydrogen-bond donors (Lipinski definition) is 4. The van der Waals surface area contributed by atoms with E-state index < -0.39 is 5.03 Å². The van der Waals surface area contributed by atoms with Gasteiger partial charge in [-0.1, -0.05) is 5.43 Å². The van der Waals surface area contributed by atoms with E-state index in [-0.39, 0.29) is 17.9 Å². The number of hydrogen-bond acceptors (Lipinski definition) is 5. The highest BCUT2D eigenvalue weighted by molar-refractivity contribution is 5.76. The molecular formula is C11H20N6O2. The number of guanidine groups is 1. The van der Waals surface area contributed by atoms with Crippen molar-refractivity contribution in [3.8, 4) is 0 Å². The van der Waals surface area contributed by atoms with Crippen LogP contribution in [0.25, 0.3) is 0 Å². The van der Waals surface area contributed by atoms with Gasteiger partial charge < -0.3 is 16.8 Å². The van der Waals surface area contributed by atoms with Gasteiger partial charge in [-0.2, -0.15) is 0 Å². The molecule has 3 atom stereocenters. The summed E-state index contributed by atoms with van der Waals surface area (Å²) in [5.41, 5.74) is 14.8. The fourth-order valence-corrected chi connectivity index (χ4v) is 2.83. The van der Waals surface area contributed by atoms with Crippen LogP contribution in [0.3, 0.4) is 0 Å². The number of rotatable bonds is 4. The Morgan fingerprint density at radius 3 is 3.05 bits per heavy atom. The second-order valence-corrected chi connectivity index (χ2v) is 5.11. The molecule has 1 heterocycles. The van der Waals surface area contributed by atoms with Crippen molar-refractivity contribution in [3.63, 3.8) is 0 Å². The minimum absolute atomic E-state index is 0.0821. The smallest absolute Gasteiger partial charge is 0.251 e. The number of hydrazine groups is 1. The van der Waals surface area contributed by atoms with Crippen molar-refractivity contribution in [2.75, 3.05) is 13.1 Å². The topological polar surface area (TPSA) is 132 Å². The zero-order valence-electron chi connectivity index (χ0n) is 10.7. The van der Waals surface area contributed by atoms with E-state index >= 15 is 0 Å². The van der Waals surface area contributed by atoms with Crippen LogP contribution in [0.5, 0.6) is 0 Å². The van der Waals surface area contributed by atoms with Crippen molar-refractivity contribution >= 4 is 5.96 Å². The summed E-state index contributed by atoms with van der Waals surface area (Å²) in [6.45, 7) is 1.44. The number of nitrogens with zero attached hydrogens (tertiary/aromatic N) is 2. The Hall–Kier alpha value is -1.83. The summed E-state index contributed by atoms with van der Waals surface area (Å²) in [6, 6.07) is 0.0821. The fourth-order valence-electron chi connectivity index (χ4n) is 2.83. The molecule has 1 saturated carbocycles. The highest BCUT2D eigenvalue weighted by atomic mass is 16.7. The van der Waals surface area contributed by atoms with Gasteiger partial charge in [0.05, 0.1) is 0 Å². The first-order valence-electron chi connectivity index (χ1n) is 6.45. The molecule has 0 aromatic carbocycles. The Labute approximate surface area is 111 Å². The van der Waals surface area contributed by atoms with Gasteiger partial charge in [0.15, 0.2) is 5.03 Å². The molecule has 3 unspecified atom stereocenters. The molecule has 0 radical (unpaired) electrons. The van der Waals surface area contributed by atoms with E-state index in [1.54, 1.807) is 0 Å². The highest BCUT2D eigenvalue weighted by Gasteiger charge is 2.34. The zero-order chi connectivity index (χ0) is 13.8. The van der Waals surface area contributed by atoms with Crippen molar-refractivity contribution < 1.29 is 5.03 Å². The predicted molar refractivity (Wildman–Crippen MR) is 71.5 cm³/mol. The predicted octanol–water partition coefficient (Wildman–Crippen LogP) is -0.687. The molecule has 8 nitrogen and oxygen atoms in total. The SMILES string of the molecule is NC(=NCC1CC(C2=CNCC2)CC1N)N[N+](=O)[O-]. The summed E-state index contributed by atoms with van der Waals surface area (Å²) in [7, 11) is 0. The van der Waals surface area contributed by atoms with Gasteiger partial charge >= 0.3 is 0 Å². The molecule has 8 heteroatoms. The molecule has 1 aliphatic carbocycles. The lowest BCUT2D eigenvalue weighted by Crippen LogP contribution is -2.37. The highest BCUT2D eigenvalue weighted by Crippen LogP contribution is 2.36. The average Bonchev–Trinajstić information content (AvgIpc) is 2.94. The van der Waals surface area contributed by atoms with E-state index in [0.717, 1.165) is 25.8 Å². The largest absolute Gasteiger partial charge is 0.391 e. The maximum absolute atomic E-state index is 10.2. The second kappa shape index (κ2) is 5.87. The molecule has 6 N–H and O–H groups in total. The van der Waals surface area contributed by atoms with E-state index in [9.17, 15) is 10.1 Å². The van der Waals surface area contributed by atoms with Crippen LogP contribution in [0.4, 0.5) is 0 Å². The van der Waals surface area contributed by atoms with E-state index in [1.807, 2.05) is 5.43 Å². The summed E-state index contributed by atoms with van der Waals surface area (Å²) >= 11 is 0. The third kappa shape index (κ3) is 3.57. The van der Waals surface area contributed by atoms with Crippen molar-refractivity contribution in [1.82, 2.24) is 10.7 Å². The quantitative estimate of drug-likeness (QED) is 0.231. The lowest BCUT2D eigenvalue weighted by molar-refractivity contribution is -0.525. The molecule has 0 saturated heterocycles. The van der Waals surface area contributed by atoms with Crippen LogP contribution in [0.15, 0.2) is 16.8 Å². The number of nitro groups is 1. The Bertz CT molecular complexity index is 408. The van der Waals surface area contributed by atoms with Crippen molar-refractivity contribution in [2.45, 2.75) is 25.3 Å². The van der Waals surface area contributed by atoms with Crippen LogP contribution in [-0.2, 0) is 0 Å². The molecule has 0 bridgehead atoms. The van der Waals surface area contributed by atoms with Gasteiger partial charge in [-0.3, -0.25) is 0 Å². The summed E-state index contributed by atoms with van der Waals surface area (Å²) < 4.78 is 0. The van der Waals surface area contributed by atoms with Crippen molar-refractivity contribution in [2.24, 2.45) is 28.3 Å². The molecule has 0 aromatic rings. The first kappa shape index (κ1) is 13.6. The van der Waals surface area contributed by atoms with Crippen LogP contribution in [0, 0.1) is 22.0 Å². The average molecular weight is 268 g/mol. The Kier molecular flexibility index (Phi) is 4.20. The lowest BCUT2D eigenvalue weighted by Gasteiger charge is -2.11. The Balaban J connectivity index is 1.86. The van der Waals surface area contributed by atoms with Crippen molar-refractivity contribution in [1.29, 1.82) is 0 Å². The van der Waals surface area contributed by atoms with Crippen LogP contribution in [0.2, 0.25) is 0 Å². The normalized spacial score (nSPS) is 30.9. The van der Waals surface area contributed by atoms with Gasteiger partial charge in [0.2, 0.25) is 0 Å². The number of nitrogens with one attached hydrogen (secondary N) is 2. The van der Waals surface area contributed by atoms with E-state index in [4.69, 9.17) is 11.5 Å². The van der Waals surface area contributed by atoms with Crippen LogP contribution in [0.1, 0.15) is 19.3 Å². The van der Waals surface area contributed by atoms with Gasteiger partial charge in [0.25, 0.3) is 5.96 Å². The third-order valence-electron chi connectivity index (χ3n) is 3.82. The van der Waals surface area contributed by atoms with Crippen LogP contribution in [-0.4, -0.2) is 30.1 Å². The van der Waals surface area contributed by atoms with Gasteiger partial charge in [0.1, 0.15) is 0 Å². The van der Waals surface area contributed by atoms with Gasteiger partial charge in [-0.25, -0.2) is 15.1 Å². The van der Waals surface area contributed by atoms with E-state index in [1.165, 1.54) is 5.57 Å². The van der Waals surface area contributed by atoms with Crippen molar-refractivity contribution in [3.05, 3.63) is 21.9 Å². The second-order valence-electron chi connectivity index (χ2n) is 5.11. The first-order valence-corrected chi connectivity index (χ1v) is 6.45. The van der Waals surface area contributed by atoms with Gasteiger partial charge in [-0.15, -0.1) is 0 Å².